The van der Waals surface area contributed by atoms with E-state index in [9.17, 15) is 4.39 Å². The van der Waals surface area contributed by atoms with Crippen LogP contribution in [-0.4, -0.2) is 17.7 Å². The van der Waals surface area contributed by atoms with E-state index in [1.807, 2.05) is 12.1 Å². The van der Waals surface area contributed by atoms with E-state index in [4.69, 9.17) is 12.2 Å². The molecule has 0 amide bonds. The van der Waals surface area contributed by atoms with Crippen LogP contribution in [0.2, 0.25) is 0 Å². The Morgan fingerprint density at radius 3 is 2.72 bits per heavy atom. The first-order valence-electron chi connectivity index (χ1n) is 6.53. The first kappa shape index (κ1) is 13.3. The van der Waals surface area contributed by atoms with Gasteiger partial charge in [0.1, 0.15) is 5.82 Å². The highest BCUT2D eigenvalue weighted by Crippen LogP contribution is 2.17. The van der Waals surface area contributed by atoms with Crippen molar-refractivity contribution < 1.29 is 4.39 Å². The fourth-order valence-electron chi connectivity index (χ4n) is 2.32. The van der Waals surface area contributed by atoms with Crippen molar-refractivity contribution >= 4 is 17.3 Å². The van der Waals surface area contributed by atoms with Crippen LogP contribution >= 0.6 is 12.2 Å². The largest absolute Gasteiger partial charge is 0.362 e. The van der Waals surface area contributed by atoms with E-state index in [-0.39, 0.29) is 5.82 Å². The van der Waals surface area contributed by atoms with Crippen LogP contribution in [-0.2, 0) is 6.42 Å². The molecule has 0 radical (unpaired) electrons. The zero-order chi connectivity index (χ0) is 12.8. The number of hydrogen-bond donors (Lipinski definition) is 2. The number of halogens is 1. The van der Waals surface area contributed by atoms with Gasteiger partial charge < -0.3 is 10.6 Å². The molecular weight excluding hydrogens is 247 g/mol. The molecule has 0 heterocycles. The second-order valence-electron chi connectivity index (χ2n) is 4.72. The van der Waals surface area contributed by atoms with Crippen molar-refractivity contribution in [3.05, 3.63) is 35.6 Å². The van der Waals surface area contributed by atoms with Crippen LogP contribution in [0.5, 0.6) is 0 Å². The van der Waals surface area contributed by atoms with Crippen LogP contribution in [0.4, 0.5) is 4.39 Å². The predicted molar refractivity (Wildman–Crippen MR) is 76.1 cm³/mol. The molecule has 0 saturated heterocycles. The third-order valence-corrected chi connectivity index (χ3v) is 3.59. The van der Waals surface area contributed by atoms with Crippen molar-refractivity contribution in [3.63, 3.8) is 0 Å². The van der Waals surface area contributed by atoms with E-state index in [2.05, 4.69) is 10.6 Å². The molecule has 0 unspecified atom stereocenters. The maximum absolute atomic E-state index is 13.4. The fourth-order valence-corrected chi connectivity index (χ4v) is 2.59. The molecule has 98 valence electrons. The average Bonchev–Trinajstić information content (AvgIpc) is 2.84. The summed E-state index contributed by atoms with van der Waals surface area (Å²) in [6, 6.07) is 7.39. The molecule has 1 aromatic rings. The minimum Gasteiger partial charge on any atom is -0.362 e. The number of hydrogen-bond acceptors (Lipinski definition) is 1. The summed E-state index contributed by atoms with van der Waals surface area (Å²) in [5.74, 6) is -0.144. The van der Waals surface area contributed by atoms with Gasteiger partial charge in [-0.15, -0.1) is 0 Å². The van der Waals surface area contributed by atoms with Crippen molar-refractivity contribution in [2.75, 3.05) is 6.54 Å². The van der Waals surface area contributed by atoms with E-state index in [1.54, 1.807) is 6.07 Å². The molecule has 2 nitrogen and oxygen atoms in total. The summed E-state index contributed by atoms with van der Waals surface area (Å²) >= 11 is 5.22. The molecule has 0 spiro atoms. The standard InChI is InChI=1S/C14H19FN2S/c15-13-8-4-1-5-11(13)9-10-16-14(18)17-12-6-2-3-7-12/h1,4-5,8,12H,2-3,6-7,9-10H2,(H2,16,17,18). The van der Waals surface area contributed by atoms with Crippen LogP contribution in [0.15, 0.2) is 24.3 Å². The first-order chi connectivity index (χ1) is 8.75. The van der Waals surface area contributed by atoms with E-state index in [1.165, 1.54) is 31.7 Å². The normalized spacial score (nSPS) is 15.6. The van der Waals surface area contributed by atoms with Crippen molar-refractivity contribution in [1.29, 1.82) is 0 Å². The van der Waals surface area contributed by atoms with Crippen LogP contribution in [0.3, 0.4) is 0 Å². The Bertz CT molecular complexity index is 403. The summed E-state index contributed by atoms with van der Waals surface area (Å²) in [6.45, 7) is 0.666. The number of nitrogens with one attached hydrogen (secondary N) is 2. The second kappa shape index (κ2) is 6.69. The summed E-state index contributed by atoms with van der Waals surface area (Å²) < 4.78 is 13.4. The van der Waals surface area contributed by atoms with Crippen molar-refractivity contribution in [3.8, 4) is 0 Å². The first-order valence-corrected chi connectivity index (χ1v) is 6.94. The number of thiocarbonyl (C=S) groups is 1. The van der Waals surface area contributed by atoms with Gasteiger partial charge in [-0.05, 0) is 43.1 Å². The molecule has 2 rings (SSSR count). The highest BCUT2D eigenvalue weighted by atomic mass is 32.1. The molecule has 18 heavy (non-hydrogen) atoms. The molecule has 1 aliphatic rings. The van der Waals surface area contributed by atoms with Gasteiger partial charge in [-0.3, -0.25) is 0 Å². The minimum absolute atomic E-state index is 0.144. The van der Waals surface area contributed by atoms with Gasteiger partial charge in [0.15, 0.2) is 5.11 Å². The lowest BCUT2D eigenvalue weighted by Crippen LogP contribution is -2.41. The maximum Gasteiger partial charge on any atom is 0.166 e. The smallest absolute Gasteiger partial charge is 0.166 e. The molecule has 1 aromatic carbocycles. The molecular formula is C14H19FN2S. The maximum atomic E-state index is 13.4. The van der Waals surface area contributed by atoms with Crippen molar-refractivity contribution in [2.24, 2.45) is 0 Å². The Hall–Kier alpha value is -1.16. The second-order valence-corrected chi connectivity index (χ2v) is 5.13. The lowest BCUT2D eigenvalue weighted by molar-refractivity contribution is 0.602. The topological polar surface area (TPSA) is 24.1 Å². The summed E-state index contributed by atoms with van der Waals surface area (Å²) in [7, 11) is 0. The third kappa shape index (κ3) is 3.95. The summed E-state index contributed by atoms with van der Waals surface area (Å²) in [5, 5.41) is 7.14. The van der Waals surface area contributed by atoms with E-state index < -0.39 is 0 Å². The molecule has 0 bridgehead atoms. The zero-order valence-corrected chi connectivity index (χ0v) is 11.2. The molecule has 1 saturated carbocycles. The quantitative estimate of drug-likeness (QED) is 0.820. The van der Waals surface area contributed by atoms with Crippen molar-refractivity contribution in [2.45, 2.75) is 38.1 Å². The third-order valence-electron chi connectivity index (χ3n) is 3.33. The van der Waals surface area contributed by atoms with E-state index in [0.29, 0.717) is 24.1 Å². The minimum atomic E-state index is -0.144. The van der Waals surface area contributed by atoms with Gasteiger partial charge in [-0.1, -0.05) is 31.0 Å². The molecule has 1 fully saturated rings. The molecule has 2 N–H and O–H groups in total. The summed E-state index contributed by atoms with van der Waals surface area (Å²) in [5.41, 5.74) is 0.730. The van der Waals surface area contributed by atoms with Crippen LogP contribution in [0.1, 0.15) is 31.2 Å². The molecule has 0 aromatic heterocycles. The monoisotopic (exact) mass is 266 g/mol. The number of benzene rings is 1. The predicted octanol–water partition coefficient (Wildman–Crippen LogP) is 2.77. The van der Waals surface area contributed by atoms with Gasteiger partial charge in [0.2, 0.25) is 0 Å². The van der Waals surface area contributed by atoms with E-state index in [0.717, 1.165) is 5.56 Å². The highest BCUT2D eigenvalue weighted by molar-refractivity contribution is 7.80. The Morgan fingerprint density at radius 1 is 1.28 bits per heavy atom. The lowest BCUT2D eigenvalue weighted by atomic mass is 10.1. The Balaban J connectivity index is 1.68. The number of rotatable bonds is 4. The molecule has 0 atom stereocenters. The molecule has 1 aliphatic carbocycles. The SMILES string of the molecule is Fc1ccccc1CCNC(=S)NC1CCCC1. The Morgan fingerprint density at radius 2 is 2.00 bits per heavy atom. The van der Waals surface area contributed by atoms with Gasteiger partial charge >= 0.3 is 0 Å². The molecule has 4 heteroatoms. The fraction of sp³-hybridized carbons (Fsp3) is 0.500. The molecule has 0 aliphatic heterocycles. The Labute approximate surface area is 113 Å². The van der Waals surface area contributed by atoms with Gasteiger partial charge in [0.05, 0.1) is 0 Å². The van der Waals surface area contributed by atoms with Crippen LogP contribution in [0.25, 0.3) is 0 Å². The van der Waals surface area contributed by atoms with Crippen LogP contribution < -0.4 is 10.6 Å². The van der Waals surface area contributed by atoms with Gasteiger partial charge in [-0.2, -0.15) is 0 Å². The van der Waals surface area contributed by atoms with E-state index >= 15 is 0 Å². The summed E-state index contributed by atoms with van der Waals surface area (Å²) in [4.78, 5) is 0. The van der Waals surface area contributed by atoms with Gasteiger partial charge in [0, 0.05) is 12.6 Å². The summed E-state index contributed by atoms with van der Waals surface area (Å²) in [6.07, 6.45) is 5.63. The van der Waals surface area contributed by atoms with Gasteiger partial charge in [-0.25, -0.2) is 4.39 Å². The average molecular weight is 266 g/mol. The zero-order valence-electron chi connectivity index (χ0n) is 10.4. The highest BCUT2D eigenvalue weighted by Gasteiger charge is 2.15. The Kier molecular flexibility index (Phi) is 4.93. The van der Waals surface area contributed by atoms with Crippen molar-refractivity contribution in [1.82, 2.24) is 10.6 Å². The lowest BCUT2D eigenvalue weighted by Gasteiger charge is -2.15. The van der Waals surface area contributed by atoms with Crippen LogP contribution in [0, 0.1) is 5.82 Å². The van der Waals surface area contributed by atoms with Gasteiger partial charge in [0.25, 0.3) is 0 Å².